The van der Waals surface area contributed by atoms with Crippen LogP contribution >= 0.6 is 27.7 Å². The van der Waals surface area contributed by atoms with E-state index in [0.29, 0.717) is 0 Å². The maximum Gasteiger partial charge on any atom is 0.0704 e. The third kappa shape index (κ3) is 4.11. The second kappa shape index (κ2) is 8.01. The SMILES string of the molecule is CCNC(CSc1ccccc1C)c1c(Br)cnn1CC. The predicted octanol–water partition coefficient (Wildman–Crippen LogP) is 4.42. The Morgan fingerprint density at radius 2 is 2.10 bits per heavy atom. The van der Waals surface area contributed by atoms with Crippen molar-refractivity contribution in [1.29, 1.82) is 0 Å². The van der Waals surface area contributed by atoms with Gasteiger partial charge in [-0.3, -0.25) is 4.68 Å². The molecular weight excluding hydrogens is 346 g/mol. The molecule has 1 unspecified atom stereocenters. The fourth-order valence-corrected chi connectivity index (χ4v) is 4.01. The molecule has 2 aromatic rings. The van der Waals surface area contributed by atoms with Gasteiger partial charge in [-0.15, -0.1) is 11.8 Å². The molecule has 0 aliphatic heterocycles. The van der Waals surface area contributed by atoms with Crippen LogP contribution in [0.25, 0.3) is 0 Å². The van der Waals surface area contributed by atoms with E-state index < -0.39 is 0 Å². The first-order valence-corrected chi connectivity index (χ1v) is 9.08. The quantitative estimate of drug-likeness (QED) is 0.734. The minimum absolute atomic E-state index is 0.288. The van der Waals surface area contributed by atoms with Crippen LogP contribution in [0.5, 0.6) is 0 Å². The summed E-state index contributed by atoms with van der Waals surface area (Å²) in [7, 11) is 0. The summed E-state index contributed by atoms with van der Waals surface area (Å²) in [5.74, 6) is 0.989. The summed E-state index contributed by atoms with van der Waals surface area (Å²) in [4.78, 5) is 1.35. The second-order valence-corrected chi connectivity index (χ2v) is 6.80. The first-order chi connectivity index (χ1) is 10.2. The van der Waals surface area contributed by atoms with Gasteiger partial charge in [0.15, 0.2) is 0 Å². The molecule has 21 heavy (non-hydrogen) atoms. The van der Waals surface area contributed by atoms with Crippen molar-refractivity contribution in [2.75, 3.05) is 12.3 Å². The molecule has 0 saturated carbocycles. The topological polar surface area (TPSA) is 29.9 Å². The van der Waals surface area contributed by atoms with Gasteiger partial charge in [-0.25, -0.2) is 0 Å². The lowest BCUT2D eigenvalue weighted by molar-refractivity contribution is 0.525. The predicted molar refractivity (Wildman–Crippen MR) is 93.9 cm³/mol. The van der Waals surface area contributed by atoms with E-state index >= 15 is 0 Å². The van der Waals surface area contributed by atoms with Crippen molar-refractivity contribution >= 4 is 27.7 Å². The second-order valence-electron chi connectivity index (χ2n) is 4.88. The largest absolute Gasteiger partial charge is 0.308 e. The van der Waals surface area contributed by atoms with Crippen molar-refractivity contribution < 1.29 is 0 Å². The molecule has 5 heteroatoms. The molecule has 0 spiro atoms. The van der Waals surface area contributed by atoms with Gasteiger partial charge in [-0.05, 0) is 48.0 Å². The van der Waals surface area contributed by atoms with E-state index in [1.807, 2.05) is 18.0 Å². The molecule has 0 radical (unpaired) electrons. The van der Waals surface area contributed by atoms with Gasteiger partial charge in [-0.2, -0.15) is 5.10 Å². The number of benzene rings is 1. The van der Waals surface area contributed by atoms with Crippen LogP contribution in [0, 0.1) is 6.92 Å². The zero-order valence-electron chi connectivity index (χ0n) is 12.8. The molecule has 0 amide bonds. The number of aryl methyl sites for hydroxylation is 2. The molecule has 0 fully saturated rings. The number of rotatable bonds is 7. The first-order valence-electron chi connectivity index (χ1n) is 7.30. The average Bonchev–Trinajstić information content (AvgIpc) is 2.86. The lowest BCUT2D eigenvalue weighted by Gasteiger charge is -2.20. The van der Waals surface area contributed by atoms with Crippen LogP contribution in [0.4, 0.5) is 0 Å². The van der Waals surface area contributed by atoms with Crippen LogP contribution in [0.1, 0.15) is 31.1 Å². The smallest absolute Gasteiger partial charge is 0.0704 e. The molecule has 0 aliphatic rings. The summed E-state index contributed by atoms with van der Waals surface area (Å²) < 4.78 is 3.15. The Bertz CT molecular complexity index is 583. The molecule has 0 bridgehead atoms. The third-order valence-corrected chi connectivity index (χ3v) is 5.29. The normalized spacial score (nSPS) is 12.6. The molecule has 1 N–H and O–H groups in total. The monoisotopic (exact) mass is 367 g/mol. The molecule has 1 aromatic heterocycles. The van der Waals surface area contributed by atoms with Gasteiger partial charge < -0.3 is 5.32 Å². The number of nitrogens with zero attached hydrogens (tertiary/aromatic N) is 2. The van der Waals surface area contributed by atoms with Gasteiger partial charge in [0, 0.05) is 17.2 Å². The van der Waals surface area contributed by atoms with Crippen molar-refractivity contribution in [2.24, 2.45) is 0 Å². The van der Waals surface area contributed by atoms with Gasteiger partial charge >= 0.3 is 0 Å². The third-order valence-electron chi connectivity index (χ3n) is 3.41. The molecule has 114 valence electrons. The summed E-state index contributed by atoms with van der Waals surface area (Å²) >= 11 is 5.53. The van der Waals surface area contributed by atoms with Gasteiger partial charge in [0.2, 0.25) is 0 Å². The van der Waals surface area contributed by atoms with Crippen LogP contribution in [-0.4, -0.2) is 22.1 Å². The number of aromatic nitrogens is 2. The van der Waals surface area contributed by atoms with Crippen molar-refractivity contribution in [3.63, 3.8) is 0 Å². The molecule has 0 aliphatic carbocycles. The van der Waals surface area contributed by atoms with Gasteiger partial charge in [0.05, 0.1) is 22.4 Å². The summed E-state index contributed by atoms with van der Waals surface area (Å²) in [6, 6.07) is 8.83. The van der Waals surface area contributed by atoms with Crippen molar-refractivity contribution in [1.82, 2.24) is 15.1 Å². The standard InChI is InChI=1S/C16H22BrN3S/c1-4-18-14(16-13(17)10-19-20(16)5-2)11-21-15-9-7-6-8-12(15)3/h6-10,14,18H,4-5,11H2,1-3H3. The number of hydrogen-bond donors (Lipinski definition) is 1. The van der Waals surface area contributed by atoms with Crippen LogP contribution in [0.2, 0.25) is 0 Å². The summed E-state index contributed by atoms with van der Waals surface area (Å²) in [5.41, 5.74) is 2.57. The van der Waals surface area contributed by atoms with E-state index in [1.165, 1.54) is 16.2 Å². The minimum Gasteiger partial charge on any atom is -0.308 e. The number of halogens is 1. The zero-order valence-corrected chi connectivity index (χ0v) is 15.2. The fourth-order valence-electron chi connectivity index (χ4n) is 2.34. The average molecular weight is 368 g/mol. The lowest BCUT2D eigenvalue weighted by atomic mass is 10.2. The Morgan fingerprint density at radius 1 is 1.33 bits per heavy atom. The summed E-state index contributed by atoms with van der Waals surface area (Å²) in [6.07, 6.45) is 1.89. The van der Waals surface area contributed by atoms with Gasteiger partial charge in [-0.1, -0.05) is 25.1 Å². The van der Waals surface area contributed by atoms with Crippen molar-refractivity contribution in [3.05, 3.63) is 46.2 Å². The molecule has 0 saturated heterocycles. The maximum atomic E-state index is 4.43. The maximum absolute atomic E-state index is 4.43. The highest BCUT2D eigenvalue weighted by Gasteiger charge is 2.19. The first kappa shape index (κ1) is 16.6. The van der Waals surface area contributed by atoms with Crippen LogP contribution in [0.3, 0.4) is 0 Å². The van der Waals surface area contributed by atoms with Gasteiger partial charge in [0.25, 0.3) is 0 Å². The molecule has 1 atom stereocenters. The highest BCUT2D eigenvalue weighted by atomic mass is 79.9. The summed E-state index contributed by atoms with van der Waals surface area (Å²) in [6.45, 7) is 8.27. The molecule has 1 heterocycles. The Labute approximate surface area is 139 Å². The van der Waals surface area contributed by atoms with E-state index in [0.717, 1.165) is 23.3 Å². The van der Waals surface area contributed by atoms with E-state index in [1.54, 1.807) is 0 Å². The van der Waals surface area contributed by atoms with Crippen LogP contribution in [-0.2, 0) is 6.54 Å². The van der Waals surface area contributed by atoms with E-state index in [-0.39, 0.29) is 6.04 Å². The lowest BCUT2D eigenvalue weighted by Crippen LogP contribution is -2.26. The molecule has 3 nitrogen and oxygen atoms in total. The van der Waals surface area contributed by atoms with E-state index in [2.05, 4.69) is 76.1 Å². The van der Waals surface area contributed by atoms with Crippen LogP contribution in [0.15, 0.2) is 39.8 Å². The van der Waals surface area contributed by atoms with Crippen molar-refractivity contribution in [3.8, 4) is 0 Å². The van der Waals surface area contributed by atoms with Crippen molar-refractivity contribution in [2.45, 2.75) is 38.3 Å². The molecule has 2 rings (SSSR count). The minimum atomic E-state index is 0.288. The number of thioether (sulfide) groups is 1. The molecular formula is C16H22BrN3S. The highest BCUT2D eigenvalue weighted by molar-refractivity contribution is 9.10. The van der Waals surface area contributed by atoms with Crippen LogP contribution < -0.4 is 5.32 Å². The van der Waals surface area contributed by atoms with Gasteiger partial charge in [0.1, 0.15) is 0 Å². The number of nitrogens with one attached hydrogen (secondary N) is 1. The Balaban J connectivity index is 2.16. The Morgan fingerprint density at radius 3 is 2.76 bits per heavy atom. The highest BCUT2D eigenvalue weighted by Crippen LogP contribution is 2.30. The number of hydrogen-bond acceptors (Lipinski definition) is 3. The molecule has 1 aromatic carbocycles. The Hall–Kier alpha value is -0.780. The zero-order chi connectivity index (χ0) is 15.2. The summed E-state index contributed by atoms with van der Waals surface area (Å²) in [5, 5.41) is 8.01. The van der Waals surface area contributed by atoms with E-state index in [4.69, 9.17) is 0 Å². The fraction of sp³-hybridized carbons (Fsp3) is 0.438. The Kier molecular flexibility index (Phi) is 6.33. The van der Waals surface area contributed by atoms with E-state index in [9.17, 15) is 0 Å².